The number of ketones is 1. The van der Waals surface area contributed by atoms with E-state index in [1.54, 1.807) is 10.9 Å². The fraction of sp³-hybridized carbons (Fsp3) is 0.571. The van der Waals surface area contributed by atoms with Crippen LogP contribution in [-0.4, -0.2) is 33.9 Å². The van der Waals surface area contributed by atoms with Crippen molar-refractivity contribution in [3.8, 4) is 0 Å². The highest BCUT2D eigenvalue weighted by Crippen LogP contribution is 2.15. The van der Waals surface area contributed by atoms with Crippen LogP contribution in [0.15, 0.2) is 6.20 Å². The minimum absolute atomic E-state index is 0.288. The second-order valence-corrected chi connectivity index (χ2v) is 2.93. The summed E-state index contributed by atoms with van der Waals surface area (Å²) >= 11 is 0. The monoisotopic (exact) mass is 166 g/mol. The van der Waals surface area contributed by atoms with Crippen LogP contribution in [0.3, 0.4) is 0 Å². The first kappa shape index (κ1) is 7.27. The number of carbonyl (C=O) groups excluding carboxylic acids is 1. The van der Waals surface area contributed by atoms with Crippen molar-refractivity contribution in [3.05, 3.63) is 6.20 Å². The zero-order valence-electron chi connectivity index (χ0n) is 6.90. The fourth-order valence-electron chi connectivity index (χ4n) is 1.40. The average molecular weight is 166 g/mol. The van der Waals surface area contributed by atoms with Crippen LogP contribution in [0.25, 0.3) is 0 Å². The van der Waals surface area contributed by atoms with Crippen molar-refractivity contribution in [3.63, 3.8) is 0 Å². The third-order valence-electron chi connectivity index (χ3n) is 2.04. The maximum absolute atomic E-state index is 11.0. The summed E-state index contributed by atoms with van der Waals surface area (Å²) in [6, 6.07) is 0. The summed E-state index contributed by atoms with van der Waals surface area (Å²) in [5.41, 5.74) is 0. The highest BCUT2D eigenvalue weighted by atomic mass is 16.1. The SMILES string of the molecule is Cn1nncc1N1CCC(=O)C1. The van der Waals surface area contributed by atoms with Crippen LogP contribution >= 0.6 is 0 Å². The summed E-state index contributed by atoms with van der Waals surface area (Å²) in [5.74, 6) is 1.21. The van der Waals surface area contributed by atoms with Gasteiger partial charge in [0.25, 0.3) is 0 Å². The smallest absolute Gasteiger partial charge is 0.153 e. The van der Waals surface area contributed by atoms with E-state index < -0.39 is 0 Å². The number of carbonyl (C=O) groups is 1. The van der Waals surface area contributed by atoms with Crippen molar-refractivity contribution in [2.24, 2.45) is 7.05 Å². The van der Waals surface area contributed by atoms with Crippen molar-refractivity contribution >= 4 is 11.6 Å². The van der Waals surface area contributed by atoms with Crippen LogP contribution in [0.5, 0.6) is 0 Å². The van der Waals surface area contributed by atoms with E-state index in [1.807, 2.05) is 11.9 Å². The molecule has 1 fully saturated rings. The number of aromatic nitrogens is 3. The van der Waals surface area contributed by atoms with Gasteiger partial charge in [-0.15, -0.1) is 5.10 Å². The molecule has 0 amide bonds. The highest BCUT2D eigenvalue weighted by Gasteiger charge is 2.21. The molecular weight excluding hydrogens is 156 g/mol. The van der Waals surface area contributed by atoms with Crippen molar-refractivity contribution in [2.45, 2.75) is 6.42 Å². The number of rotatable bonds is 1. The normalized spacial score (nSPS) is 17.4. The van der Waals surface area contributed by atoms with Crippen molar-refractivity contribution in [2.75, 3.05) is 18.0 Å². The first-order chi connectivity index (χ1) is 5.77. The Balaban J connectivity index is 2.21. The topological polar surface area (TPSA) is 51.0 Å². The van der Waals surface area contributed by atoms with Gasteiger partial charge in [0.1, 0.15) is 5.82 Å². The number of Topliss-reactive ketones (excluding diaryl/α,β-unsaturated/α-hetero) is 1. The largest absolute Gasteiger partial charge is 0.348 e. The number of anilines is 1. The zero-order chi connectivity index (χ0) is 8.55. The first-order valence-corrected chi connectivity index (χ1v) is 3.88. The van der Waals surface area contributed by atoms with E-state index >= 15 is 0 Å². The molecule has 0 unspecified atom stereocenters. The van der Waals surface area contributed by atoms with Gasteiger partial charge in [0, 0.05) is 20.0 Å². The van der Waals surface area contributed by atoms with E-state index in [-0.39, 0.29) is 5.78 Å². The molecule has 0 atom stereocenters. The first-order valence-electron chi connectivity index (χ1n) is 3.88. The Bertz CT molecular complexity index is 306. The molecule has 2 heterocycles. The molecule has 1 saturated heterocycles. The molecule has 5 nitrogen and oxygen atoms in total. The molecule has 1 aliphatic heterocycles. The van der Waals surface area contributed by atoms with Crippen molar-refractivity contribution < 1.29 is 4.79 Å². The Morgan fingerprint density at radius 1 is 1.58 bits per heavy atom. The van der Waals surface area contributed by atoms with Crippen molar-refractivity contribution in [1.29, 1.82) is 0 Å². The molecule has 1 aliphatic rings. The molecule has 0 bridgehead atoms. The van der Waals surface area contributed by atoms with Gasteiger partial charge in [0.2, 0.25) is 0 Å². The third-order valence-corrected chi connectivity index (χ3v) is 2.04. The molecule has 5 heteroatoms. The molecule has 2 rings (SSSR count). The molecule has 0 spiro atoms. The molecule has 12 heavy (non-hydrogen) atoms. The summed E-state index contributed by atoms with van der Waals surface area (Å²) in [7, 11) is 1.82. The average Bonchev–Trinajstić information content (AvgIpc) is 2.58. The Kier molecular flexibility index (Phi) is 1.56. The Hall–Kier alpha value is -1.39. The lowest BCUT2D eigenvalue weighted by Gasteiger charge is -2.14. The third kappa shape index (κ3) is 1.07. The molecule has 1 aromatic heterocycles. The maximum atomic E-state index is 11.0. The lowest BCUT2D eigenvalue weighted by Crippen LogP contribution is -2.22. The summed E-state index contributed by atoms with van der Waals surface area (Å²) < 4.78 is 1.68. The van der Waals surface area contributed by atoms with Gasteiger partial charge in [-0.3, -0.25) is 4.79 Å². The minimum Gasteiger partial charge on any atom is -0.348 e. The Morgan fingerprint density at radius 3 is 2.92 bits per heavy atom. The fourth-order valence-corrected chi connectivity index (χ4v) is 1.40. The van der Waals surface area contributed by atoms with Crippen LogP contribution in [0.2, 0.25) is 0 Å². The summed E-state index contributed by atoms with van der Waals surface area (Å²) in [6.07, 6.45) is 2.32. The number of nitrogens with zero attached hydrogens (tertiary/aromatic N) is 4. The second-order valence-electron chi connectivity index (χ2n) is 2.93. The minimum atomic E-state index is 0.288. The molecule has 0 radical (unpaired) electrons. The van der Waals surface area contributed by atoms with Gasteiger partial charge in [-0.2, -0.15) is 0 Å². The van der Waals surface area contributed by atoms with E-state index in [0.717, 1.165) is 12.4 Å². The molecule has 0 N–H and O–H groups in total. The number of hydrogen-bond acceptors (Lipinski definition) is 4. The quantitative estimate of drug-likeness (QED) is 0.569. The Labute approximate surface area is 70.0 Å². The highest BCUT2D eigenvalue weighted by molar-refractivity contribution is 5.86. The summed E-state index contributed by atoms with van der Waals surface area (Å²) in [6.45, 7) is 1.29. The van der Waals surface area contributed by atoms with Crippen LogP contribution < -0.4 is 4.90 Å². The van der Waals surface area contributed by atoms with Gasteiger partial charge in [-0.1, -0.05) is 5.21 Å². The Morgan fingerprint density at radius 2 is 2.42 bits per heavy atom. The van der Waals surface area contributed by atoms with Gasteiger partial charge in [-0.05, 0) is 0 Å². The van der Waals surface area contributed by atoms with Crippen molar-refractivity contribution in [1.82, 2.24) is 15.0 Å². The van der Waals surface area contributed by atoms with Crippen LogP contribution in [0, 0.1) is 0 Å². The van der Waals surface area contributed by atoms with E-state index in [4.69, 9.17) is 0 Å². The van der Waals surface area contributed by atoms with E-state index in [2.05, 4.69) is 10.3 Å². The zero-order valence-corrected chi connectivity index (χ0v) is 6.90. The van der Waals surface area contributed by atoms with Crippen LogP contribution in [0.1, 0.15) is 6.42 Å². The van der Waals surface area contributed by atoms with Gasteiger partial charge < -0.3 is 4.90 Å². The molecule has 1 aromatic rings. The van der Waals surface area contributed by atoms with Gasteiger partial charge >= 0.3 is 0 Å². The second kappa shape index (κ2) is 2.58. The molecular formula is C7H10N4O. The van der Waals surface area contributed by atoms with E-state index in [1.165, 1.54) is 0 Å². The lowest BCUT2D eigenvalue weighted by molar-refractivity contribution is -0.116. The van der Waals surface area contributed by atoms with Crippen LogP contribution in [-0.2, 0) is 11.8 Å². The predicted octanol–water partition coefficient (Wildman–Crippen LogP) is -0.406. The van der Waals surface area contributed by atoms with Crippen LogP contribution in [0.4, 0.5) is 5.82 Å². The lowest BCUT2D eigenvalue weighted by atomic mass is 10.4. The molecule has 0 saturated carbocycles. The summed E-state index contributed by atoms with van der Waals surface area (Å²) in [4.78, 5) is 13.0. The maximum Gasteiger partial charge on any atom is 0.153 e. The standard InChI is InChI=1S/C7H10N4O/c1-10-7(4-8-9-10)11-3-2-6(12)5-11/h4H,2-3,5H2,1H3. The van der Waals surface area contributed by atoms with Gasteiger partial charge in [0.15, 0.2) is 5.78 Å². The molecule has 0 aromatic carbocycles. The predicted molar refractivity (Wildman–Crippen MR) is 42.8 cm³/mol. The number of aryl methyl sites for hydroxylation is 1. The van der Waals surface area contributed by atoms with E-state index in [9.17, 15) is 4.79 Å². The van der Waals surface area contributed by atoms with E-state index in [0.29, 0.717) is 13.0 Å². The van der Waals surface area contributed by atoms with Gasteiger partial charge in [0.05, 0.1) is 12.7 Å². The molecule has 64 valence electrons. The molecule has 0 aliphatic carbocycles. The summed E-state index contributed by atoms with van der Waals surface area (Å²) in [5, 5.41) is 7.55. The number of hydrogen-bond donors (Lipinski definition) is 0. The van der Waals surface area contributed by atoms with Gasteiger partial charge in [-0.25, -0.2) is 4.68 Å².